The van der Waals surface area contributed by atoms with Gasteiger partial charge in [-0.15, -0.1) is 0 Å². The van der Waals surface area contributed by atoms with Crippen molar-refractivity contribution >= 4 is 0 Å². The molecule has 0 bridgehead atoms. The Morgan fingerprint density at radius 2 is 1.90 bits per heavy atom. The molecule has 2 nitrogen and oxygen atoms in total. The Labute approximate surface area is 62.7 Å². The van der Waals surface area contributed by atoms with Crippen LogP contribution in [-0.2, 0) is 4.74 Å². The van der Waals surface area contributed by atoms with Crippen molar-refractivity contribution in [2.24, 2.45) is 5.73 Å². The lowest BCUT2D eigenvalue weighted by atomic mass is 9.94. The van der Waals surface area contributed by atoms with E-state index in [2.05, 4.69) is 6.92 Å². The number of hydrogen-bond donors (Lipinski definition) is 1. The highest BCUT2D eigenvalue weighted by atomic mass is 16.5. The second-order valence-corrected chi connectivity index (χ2v) is 2.99. The van der Waals surface area contributed by atoms with Crippen molar-refractivity contribution in [2.75, 3.05) is 6.61 Å². The van der Waals surface area contributed by atoms with E-state index in [4.69, 9.17) is 10.5 Å². The summed E-state index contributed by atoms with van der Waals surface area (Å²) in [5.74, 6) is 0. The molecule has 0 amide bonds. The van der Waals surface area contributed by atoms with Crippen LogP contribution in [0.1, 0.15) is 32.6 Å². The van der Waals surface area contributed by atoms with Gasteiger partial charge in [-0.2, -0.15) is 0 Å². The van der Waals surface area contributed by atoms with Gasteiger partial charge in [-0.1, -0.05) is 0 Å². The number of nitrogens with two attached hydrogens (primary N) is 1. The van der Waals surface area contributed by atoms with E-state index in [1.54, 1.807) is 0 Å². The molecule has 0 unspecified atom stereocenters. The molecule has 1 aliphatic carbocycles. The Balaban J connectivity index is 2.13. The number of ether oxygens (including phenoxy) is 1. The molecule has 0 heterocycles. The summed E-state index contributed by atoms with van der Waals surface area (Å²) in [6.45, 7) is 2.90. The minimum Gasteiger partial charge on any atom is -0.379 e. The van der Waals surface area contributed by atoms with Gasteiger partial charge in [0.05, 0.1) is 6.10 Å². The molecule has 0 spiro atoms. The van der Waals surface area contributed by atoms with Crippen molar-refractivity contribution in [3.63, 3.8) is 0 Å². The summed E-state index contributed by atoms with van der Waals surface area (Å²) in [7, 11) is 0. The van der Waals surface area contributed by atoms with Crippen molar-refractivity contribution in [3.05, 3.63) is 0 Å². The fourth-order valence-corrected chi connectivity index (χ4v) is 1.49. The molecule has 0 aromatic heterocycles. The standard InChI is InChI=1S/C8H17NO/c1-2-10-8-5-3-7(9)4-6-8/h7-8H,2-6,9H2,1H3/t7-,8+. The van der Waals surface area contributed by atoms with Crippen LogP contribution in [0.4, 0.5) is 0 Å². The van der Waals surface area contributed by atoms with E-state index in [1.807, 2.05) is 0 Å². The predicted octanol–water partition coefficient (Wildman–Crippen LogP) is 1.29. The molecule has 0 aromatic carbocycles. The fraction of sp³-hybridized carbons (Fsp3) is 1.00. The quantitative estimate of drug-likeness (QED) is 0.632. The van der Waals surface area contributed by atoms with E-state index >= 15 is 0 Å². The molecule has 1 aliphatic rings. The van der Waals surface area contributed by atoms with Gasteiger partial charge < -0.3 is 10.5 Å². The highest BCUT2D eigenvalue weighted by Gasteiger charge is 2.17. The molecule has 0 saturated heterocycles. The summed E-state index contributed by atoms with van der Waals surface area (Å²) >= 11 is 0. The normalized spacial score (nSPS) is 34.2. The molecule has 10 heavy (non-hydrogen) atoms. The average Bonchev–Trinajstić information content (AvgIpc) is 1.95. The Bertz CT molecular complexity index is 87.3. The lowest BCUT2D eigenvalue weighted by Crippen LogP contribution is -2.30. The molecule has 2 heteroatoms. The average molecular weight is 143 g/mol. The maximum Gasteiger partial charge on any atom is 0.0576 e. The number of rotatable bonds is 2. The van der Waals surface area contributed by atoms with Crippen LogP contribution in [0.3, 0.4) is 0 Å². The van der Waals surface area contributed by atoms with Gasteiger partial charge in [-0.3, -0.25) is 0 Å². The van der Waals surface area contributed by atoms with Crippen LogP contribution >= 0.6 is 0 Å². The van der Waals surface area contributed by atoms with Crippen molar-refractivity contribution in [1.29, 1.82) is 0 Å². The van der Waals surface area contributed by atoms with Crippen LogP contribution in [0.5, 0.6) is 0 Å². The lowest BCUT2D eigenvalue weighted by Gasteiger charge is -2.25. The summed E-state index contributed by atoms with van der Waals surface area (Å²) in [5, 5.41) is 0. The van der Waals surface area contributed by atoms with Gasteiger partial charge in [-0.05, 0) is 32.6 Å². The third-order valence-corrected chi connectivity index (χ3v) is 2.12. The Morgan fingerprint density at radius 3 is 2.40 bits per heavy atom. The van der Waals surface area contributed by atoms with E-state index in [-0.39, 0.29) is 0 Å². The van der Waals surface area contributed by atoms with Crippen LogP contribution < -0.4 is 5.73 Å². The van der Waals surface area contributed by atoms with E-state index < -0.39 is 0 Å². The van der Waals surface area contributed by atoms with E-state index in [9.17, 15) is 0 Å². The lowest BCUT2D eigenvalue weighted by molar-refractivity contribution is 0.0333. The van der Waals surface area contributed by atoms with Gasteiger partial charge in [0.15, 0.2) is 0 Å². The second-order valence-electron chi connectivity index (χ2n) is 2.99. The zero-order valence-corrected chi connectivity index (χ0v) is 6.68. The van der Waals surface area contributed by atoms with Crippen molar-refractivity contribution < 1.29 is 4.74 Å². The predicted molar refractivity (Wildman–Crippen MR) is 41.9 cm³/mol. The first-order valence-electron chi connectivity index (χ1n) is 4.20. The molecule has 1 saturated carbocycles. The zero-order valence-electron chi connectivity index (χ0n) is 6.68. The molecule has 0 radical (unpaired) electrons. The van der Waals surface area contributed by atoms with E-state index in [0.717, 1.165) is 32.3 Å². The summed E-state index contributed by atoms with van der Waals surface area (Å²) in [4.78, 5) is 0. The molecular formula is C8H17NO. The molecule has 2 N–H and O–H groups in total. The smallest absolute Gasteiger partial charge is 0.0576 e. The zero-order chi connectivity index (χ0) is 7.40. The first-order valence-corrected chi connectivity index (χ1v) is 4.20. The molecular weight excluding hydrogens is 126 g/mol. The highest BCUT2D eigenvalue weighted by molar-refractivity contribution is 4.74. The summed E-state index contributed by atoms with van der Waals surface area (Å²) in [6.07, 6.45) is 5.11. The van der Waals surface area contributed by atoms with E-state index in [0.29, 0.717) is 12.1 Å². The monoisotopic (exact) mass is 143 g/mol. The minimum atomic E-state index is 0.441. The van der Waals surface area contributed by atoms with E-state index in [1.165, 1.54) is 0 Å². The molecule has 1 rings (SSSR count). The Morgan fingerprint density at radius 1 is 1.30 bits per heavy atom. The first kappa shape index (κ1) is 8.02. The molecule has 0 atom stereocenters. The second kappa shape index (κ2) is 3.94. The van der Waals surface area contributed by atoms with Gasteiger partial charge in [0.2, 0.25) is 0 Å². The van der Waals surface area contributed by atoms with Gasteiger partial charge in [0.1, 0.15) is 0 Å². The Kier molecular flexibility index (Phi) is 3.16. The molecule has 60 valence electrons. The minimum absolute atomic E-state index is 0.441. The van der Waals surface area contributed by atoms with Gasteiger partial charge in [-0.25, -0.2) is 0 Å². The molecule has 0 aromatic rings. The SMILES string of the molecule is CCO[C@H]1CC[C@@H](N)CC1. The van der Waals surface area contributed by atoms with Crippen LogP contribution in [0, 0.1) is 0 Å². The molecule has 0 aliphatic heterocycles. The third-order valence-electron chi connectivity index (χ3n) is 2.12. The van der Waals surface area contributed by atoms with Crippen molar-refractivity contribution in [2.45, 2.75) is 44.8 Å². The van der Waals surface area contributed by atoms with Gasteiger partial charge in [0, 0.05) is 12.6 Å². The molecule has 1 fully saturated rings. The highest BCUT2D eigenvalue weighted by Crippen LogP contribution is 2.19. The summed E-state index contributed by atoms with van der Waals surface area (Å²) in [6, 6.07) is 0.441. The van der Waals surface area contributed by atoms with Crippen LogP contribution in [-0.4, -0.2) is 18.8 Å². The van der Waals surface area contributed by atoms with Crippen molar-refractivity contribution in [1.82, 2.24) is 0 Å². The fourth-order valence-electron chi connectivity index (χ4n) is 1.49. The van der Waals surface area contributed by atoms with Crippen LogP contribution in [0.15, 0.2) is 0 Å². The summed E-state index contributed by atoms with van der Waals surface area (Å²) in [5.41, 5.74) is 5.74. The van der Waals surface area contributed by atoms with Gasteiger partial charge in [0.25, 0.3) is 0 Å². The third kappa shape index (κ3) is 2.27. The largest absolute Gasteiger partial charge is 0.379 e. The topological polar surface area (TPSA) is 35.2 Å². The summed E-state index contributed by atoms with van der Waals surface area (Å²) < 4.78 is 5.48. The maximum atomic E-state index is 5.74. The van der Waals surface area contributed by atoms with Crippen LogP contribution in [0.25, 0.3) is 0 Å². The van der Waals surface area contributed by atoms with Gasteiger partial charge >= 0.3 is 0 Å². The maximum absolute atomic E-state index is 5.74. The first-order chi connectivity index (χ1) is 4.83. The van der Waals surface area contributed by atoms with Crippen molar-refractivity contribution in [3.8, 4) is 0 Å². The Hall–Kier alpha value is -0.0800. The van der Waals surface area contributed by atoms with Crippen LogP contribution in [0.2, 0.25) is 0 Å². The number of hydrogen-bond acceptors (Lipinski definition) is 2.